The van der Waals surface area contributed by atoms with Crippen LogP contribution in [0.1, 0.15) is 30.1 Å². The molecule has 3 rings (SSSR count). The number of anilines is 1. The summed E-state index contributed by atoms with van der Waals surface area (Å²) < 4.78 is 32.7. The summed E-state index contributed by atoms with van der Waals surface area (Å²) in [5, 5.41) is 0. The number of carbonyl (C=O) groups is 3. The van der Waals surface area contributed by atoms with Gasteiger partial charge < -0.3 is 14.5 Å². The predicted octanol–water partition coefficient (Wildman–Crippen LogP) is 2.36. The monoisotopic (exact) mass is 487 g/mol. The standard InChI is InChI=1S/C24H29N3O6S/c1-3-33-24(30)19-8-7-15-27(16-19)22(28)17-26(2)23(29)18-11-13-21(14-12-18)34(31,32)25-20-9-5-4-6-10-20/h4-6,9-14,19,25H,3,7-8,15-17H2,1-2H3. The van der Waals surface area contributed by atoms with Crippen molar-refractivity contribution in [1.29, 1.82) is 0 Å². The summed E-state index contributed by atoms with van der Waals surface area (Å²) in [4.78, 5) is 40.4. The molecule has 2 amide bonds. The van der Waals surface area contributed by atoms with Crippen LogP contribution in [0.15, 0.2) is 59.5 Å². The minimum Gasteiger partial charge on any atom is -0.466 e. The van der Waals surface area contributed by atoms with E-state index in [1.807, 2.05) is 0 Å². The van der Waals surface area contributed by atoms with Gasteiger partial charge in [0, 0.05) is 31.4 Å². The van der Waals surface area contributed by atoms with Crippen LogP contribution in [0.4, 0.5) is 5.69 Å². The number of benzene rings is 2. The van der Waals surface area contributed by atoms with Crippen LogP contribution in [0.2, 0.25) is 0 Å². The Morgan fingerprint density at radius 3 is 2.41 bits per heavy atom. The zero-order valence-electron chi connectivity index (χ0n) is 19.3. The first-order valence-corrected chi connectivity index (χ1v) is 12.6. The number of hydrogen-bond acceptors (Lipinski definition) is 6. The number of likely N-dealkylation sites (N-methyl/N-ethyl adjacent to an activating group) is 1. The third-order valence-electron chi connectivity index (χ3n) is 5.55. The van der Waals surface area contributed by atoms with E-state index in [1.165, 1.54) is 36.2 Å². The largest absolute Gasteiger partial charge is 0.466 e. The summed E-state index contributed by atoms with van der Waals surface area (Å²) in [5.74, 6) is -1.32. The first-order chi connectivity index (χ1) is 16.2. The number of rotatable bonds is 8. The van der Waals surface area contributed by atoms with E-state index in [4.69, 9.17) is 4.74 Å². The summed E-state index contributed by atoms with van der Waals surface area (Å²) in [7, 11) is -2.29. The van der Waals surface area contributed by atoms with Crippen molar-refractivity contribution < 1.29 is 27.5 Å². The van der Waals surface area contributed by atoms with Crippen LogP contribution in [-0.4, -0.2) is 69.3 Å². The van der Waals surface area contributed by atoms with Gasteiger partial charge in [-0.25, -0.2) is 8.42 Å². The van der Waals surface area contributed by atoms with Crippen molar-refractivity contribution in [3.63, 3.8) is 0 Å². The van der Waals surface area contributed by atoms with Gasteiger partial charge in [0.15, 0.2) is 0 Å². The minimum absolute atomic E-state index is 0.0185. The number of hydrogen-bond donors (Lipinski definition) is 1. The first-order valence-electron chi connectivity index (χ1n) is 11.1. The quantitative estimate of drug-likeness (QED) is 0.572. The topological polar surface area (TPSA) is 113 Å². The van der Waals surface area contributed by atoms with Crippen molar-refractivity contribution in [2.24, 2.45) is 5.92 Å². The number of esters is 1. The molecular weight excluding hydrogens is 458 g/mol. The van der Waals surface area contributed by atoms with Crippen LogP contribution in [0.5, 0.6) is 0 Å². The molecule has 10 heteroatoms. The second-order valence-corrected chi connectivity index (χ2v) is 9.77. The van der Waals surface area contributed by atoms with Crippen molar-refractivity contribution in [3.8, 4) is 0 Å². The molecule has 1 N–H and O–H groups in total. The number of para-hydroxylation sites is 1. The van der Waals surface area contributed by atoms with Gasteiger partial charge in [0.1, 0.15) is 0 Å². The Morgan fingerprint density at radius 2 is 1.76 bits per heavy atom. The molecule has 1 unspecified atom stereocenters. The van der Waals surface area contributed by atoms with Crippen molar-refractivity contribution >= 4 is 33.5 Å². The highest BCUT2D eigenvalue weighted by Gasteiger charge is 2.30. The lowest BCUT2D eigenvalue weighted by molar-refractivity contribution is -0.151. The van der Waals surface area contributed by atoms with Crippen LogP contribution < -0.4 is 4.72 Å². The van der Waals surface area contributed by atoms with Crippen LogP contribution in [0.25, 0.3) is 0 Å². The number of carbonyl (C=O) groups excluding carboxylic acids is 3. The first kappa shape index (κ1) is 25.2. The Balaban J connectivity index is 1.60. The third-order valence-corrected chi connectivity index (χ3v) is 6.95. The zero-order chi connectivity index (χ0) is 24.7. The molecule has 1 aliphatic rings. The van der Waals surface area contributed by atoms with Gasteiger partial charge in [0.25, 0.3) is 15.9 Å². The fourth-order valence-corrected chi connectivity index (χ4v) is 4.81. The van der Waals surface area contributed by atoms with Gasteiger partial charge in [-0.3, -0.25) is 19.1 Å². The van der Waals surface area contributed by atoms with Crippen LogP contribution in [-0.2, 0) is 24.3 Å². The van der Waals surface area contributed by atoms with Crippen LogP contribution in [0, 0.1) is 5.92 Å². The van der Waals surface area contributed by atoms with Crippen molar-refractivity contribution in [3.05, 3.63) is 60.2 Å². The Bertz CT molecular complexity index is 1120. The molecule has 1 heterocycles. The number of amides is 2. The van der Waals surface area contributed by atoms with Gasteiger partial charge in [-0.05, 0) is 56.2 Å². The van der Waals surface area contributed by atoms with Gasteiger partial charge >= 0.3 is 5.97 Å². The highest BCUT2D eigenvalue weighted by Crippen LogP contribution is 2.19. The predicted molar refractivity (Wildman–Crippen MR) is 127 cm³/mol. The molecule has 0 bridgehead atoms. The maximum atomic E-state index is 12.8. The zero-order valence-corrected chi connectivity index (χ0v) is 20.1. The molecule has 0 aromatic heterocycles. The van der Waals surface area contributed by atoms with Crippen molar-refractivity contribution in [2.45, 2.75) is 24.7 Å². The molecule has 2 aromatic rings. The summed E-state index contributed by atoms with van der Waals surface area (Å²) in [6, 6.07) is 14.0. The molecule has 1 atom stereocenters. The van der Waals surface area contributed by atoms with E-state index in [2.05, 4.69) is 4.72 Å². The molecule has 34 heavy (non-hydrogen) atoms. The Labute approximate surface area is 199 Å². The van der Waals surface area contributed by atoms with Gasteiger partial charge in [0.05, 0.1) is 24.0 Å². The fraction of sp³-hybridized carbons (Fsp3) is 0.375. The van der Waals surface area contributed by atoms with Crippen molar-refractivity contribution in [2.75, 3.05) is 38.0 Å². The molecule has 0 radical (unpaired) electrons. The number of sulfonamides is 1. The van der Waals surface area contributed by atoms with Crippen LogP contribution >= 0.6 is 0 Å². The van der Waals surface area contributed by atoms with E-state index in [1.54, 1.807) is 42.2 Å². The smallest absolute Gasteiger partial charge is 0.310 e. The Kier molecular flexibility index (Phi) is 8.27. The average Bonchev–Trinajstić information content (AvgIpc) is 2.84. The van der Waals surface area contributed by atoms with E-state index >= 15 is 0 Å². The van der Waals surface area contributed by atoms with E-state index in [0.29, 0.717) is 31.7 Å². The second-order valence-electron chi connectivity index (χ2n) is 8.09. The highest BCUT2D eigenvalue weighted by molar-refractivity contribution is 7.92. The number of ether oxygens (including phenoxy) is 1. The number of piperidine rings is 1. The lowest BCUT2D eigenvalue weighted by Gasteiger charge is -2.32. The molecule has 1 saturated heterocycles. The SMILES string of the molecule is CCOC(=O)C1CCCN(C(=O)CN(C)C(=O)c2ccc(S(=O)(=O)Nc3ccccc3)cc2)C1. The molecule has 182 valence electrons. The number of likely N-dealkylation sites (tertiary alicyclic amines) is 1. The minimum atomic E-state index is -3.80. The molecule has 0 aliphatic carbocycles. The maximum Gasteiger partial charge on any atom is 0.310 e. The molecular formula is C24H29N3O6S. The summed E-state index contributed by atoms with van der Waals surface area (Å²) >= 11 is 0. The van der Waals surface area contributed by atoms with Gasteiger partial charge in [-0.2, -0.15) is 0 Å². The maximum absolute atomic E-state index is 12.8. The molecule has 2 aromatic carbocycles. The molecule has 1 fully saturated rings. The lowest BCUT2D eigenvalue weighted by Crippen LogP contribution is -2.47. The Morgan fingerprint density at radius 1 is 1.09 bits per heavy atom. The van der Waals surface area contributed by atoms with Gasteiger partial charge in [0.2, 0.25) is 5.91 Å². The van der Waals surface area contributed by atoms with Crippen molar-refractivity contribution in [1.82, 2.24) is 9.80 Å². The van der Waals surface area contributed by atoms with E-state index < -0.39 is 15.9 Å². The summed E-state index contributed by atoms with van der Waals surface area (Å²) in [6.07, 6.45) is 1.37. The molecule has 1 aliphatic heterocycles. The average molecular weight is 488 g/mol. The second kappa shape index (κ2) is 11.1. The Hall–Kier alpha value is -3.40. The summed E-state index contributed by atoms with van der Waals surface area (Å²) in [6.45, 7) is 2.69. The molecule has 0 spiro atoms. The molecule has 9 nitrogen and oxygen atoms in total. The lowest BCUT2D eigenvalue weighted by atomic mass is 9.98. The van der Waals surface area contributed by atoms with E-state index in [-0.39, 0.29) is 41.3 Å². The van der Waals surface area contributed by atoms with E-state index in [0.717, 1.165) is 0 Å². The fourth-order valence-electron chi connectivity index (χ4n) is 3.75. The normalized spacial score (nSPS) is 15.9. The van der Waals surface area contributed by atoms with E-state index in [9.17, 15) is 22.8 Å². The highest BCUT2D eigenvalue weighted by atomic mass is 32.2. The third kappa shape index (κ3) is 6.34. The molecule has 0 saturated carbocycles. The van der Waals surface area contributed by atoms with Crippen LogP contribution in [0.3, 0.4) is 0 Å². The number of nitrogens with zero attached hydrogens (tertiary/aromatic N) is 2. The van der Waals surface area contributed by atoms with Gasteiger partial charge in [-0.1, -0.05) is 18.2 Å². The summed E-state index contributed by atoms with van der Waals surface area (Å²) in [5.41, 5.74) is 0.695. The van der Waals surface area contributed by atoms with Gasteiger partial charge in [-0.15, -0.1) is 0 Å². The number of nitrogens with one attached hydrogen (secondary N) is 1.